The SMILES string of the molecule is O=C(Cc1ccc2c(c1)OCCCO2)Nc1n[nH]c2ccc(Nc3ccccc3)cc12. The molecule has 7 heteroatoms. The topological polar surface area (TPSA) is 88.3 Å². The van der Waals surface area contributed by atoms with Crippen LogP contribution in [-0.2, 0) is 11.2 Å². The van der Waals surface area contributed by atoms with Crippen LogP contribution in [0.25, 0.3) is 10.9 Å². The third-order valence-corrected chi connectivity index (χ3v) is 5.06. The number of carbonyl (C=O) groups is 1. The van der Waals surface area contributed by atoms with E-state index in [0.29, 0.717) is 24.8 Å². The molecule has 0 atom stereocenters. The minimum atomic E-state index is -0.149. The van der Waals surface area contributed by atoms with Gasteiger partial charge >= 0.3 is 0 Å². The number of hydrogen-bond acceptors (Lipinski definition) is 5. The molecule has 0 saturated carbocycles. The molecule has 0 saturated heterocycles. The van der Waals surface area contributed by atoms with Gasteiger partial charge in [-0.05, 0) is 48.0 Å². The molecule has 0 bridgehead atoms. The number of rotatable bonds is 5. The lowest BCUT2D eigenvalue weighted by molar-refractivity contribution is -0.115. The molecule has 0 spiro atoms. The summed E-state index contributed by atoms with van der Waals surface area (Å²) in [5, 5.41) is 14.4. The van der Waals surface area contributed by atoms with Crippen LogP contribution in [0.15, 0.2) is 66.7 Å². The predicted octanol–water partition coefficient (Wildman–Crippen LogP) is 4.65. The number of aromatic amines is 1. The summed E-state index contributed by atoms with van der Waals surface area (Å²) in [6.07, 6.45) is 1.06. The van der Waals surface area contributed by atoms with Crippen molar-refractivity contribution in [3.05, 3.63) is 72.3 Å². The Labute approximate surface area is 179 Å². The fourth-order valence-corrected chi connectivity index (χ4v) is 3.55. The average molecular weight is 414 g/mol. The second kappa shape index (κ2) is 8.39. The van der Waals surface area contributed by atoms with Crippen LogP contribution in [0.5, 0.6) is 11.5 Å². The molecule has 156 valence electrons. The first-order valence-electron chi connectivity index (χ1n) is 10.2. The number of fused-ring (bicyclic) bond motifs is 2. The Morgan fingerprint density at radius 3 is 2.65 bits per heavy atom. The van der Waals surface area contributed by atoms with E-state index in [-0.39, 0.29) is 12.3 Å². The van der Waals surface area contributed by atoms with E-state index in [0.717, 1.165) is 40.0 Å². The number of nitrogens with one attached hydrogen (secondary N) is 3. The Hall–Kier alpha value is -4.00. The molecule has 5 rings (SSSR count). The summed E-state index contributed by atoms with van der Waals surface area (Å²) >= 11 is 0. The molecule has 7 nitrogen and oxygen atoms in total. The van der Waals surface area contributed by atoms with Gasteiger partial charge in [-0.3, -0.25) is 9.89 Å². The Kier molecular flexibility index (Phi) is 5.14. The quantitative estimate of drug-likeness (QED) is 0.442. The highest BCUT2D eigenvalue weighted by molar-refractivity contribution is 6.01. The van der Waals surface area contributed by atoms with E-state index in [1.807, 2.05) is 66.7 Å². The number of ether oxygens (including phenoxy) is 2. The largest absolute Gasteiger partial charge is 0.490 e. The van der Waals surface area contributed by atoms with Crippen LogP contribution in [0.4, 0.5) is 17.2 Å². The first kappa shape index (κ1) is 19.0. The minimum absolute atomic E-state index is 0.149. The smallest absolute Gasteiger partial charge is 0.230 e. The Bertz CT molecular complexity index is 1220. The lowest BCUT2D eigenvalue weighted by Gasteiger charge is -2.09. The van der Waals surface area contributed by atoms with Crippen molar-refractivity contribution in [2.45, 2.75) is 12.8 Å². The second-order valence-corrected chi connectivity index (χ2v) is 7.38. The average Bonchev–Trinajstić information content (AvgIpc) is 3.01. The third-order valence-electron chi connectivity index (χ3n) is 5.06. The van der Waals surface area contributed by atoms with Crippen molar-refractivity contribution in [2.24, 2.45) is 0 Å². The standard InChI is InChI=1S/C24H22N4O3/c29-23(14-16-7-10-21-22(13-16)31-12-4-11-30-21)26-24-19-15-18(8-9-20(19)27-28-24)25-17-5-2-1-3-6-17/h1-3,5-10,13,15,25H,4,11-12,14H2,(H2,26,27,28,29). The first-order valence-corrected chi connectivity index (χ1v) is 10.2. The van der Waals surface area contributed by atoms with Gasteiger partial charge in [-0.15, -0.1) is 0 Å². The number of amides is 1. The summed E-state index contributed by atoms with van der Waals surface area (Å²) in [5.41, 5.74) is 3.61. The van der Waals surface area contributed by atoms with Crippen LogP contribution in [0.2, 0.25) is 0 Å². The van der Waals surface area contributed by atoms with Crippen LogP contribution in [-0.4, -0.2) is 29.3 Å². The van der Waals surface area contributed by atoms with E-state index in [2.05, 4.69) is 20.8 Å². The maximum atomic E-state index is 12.7. The number of benzene rings is 3. The number of hydrogen-bond donors (Lipinski definition) is 3. The molecular weight excluding hydrogens is 392 g/mol. The zero-order chi connectivity index (χ0) is 21.0. The molecule has 31 heavy (non-hydrogen) atoms. The molecule has 1 amide bonds. The molecule has 0 aliphatic carbocycles. The minimum Gasteiger partial charge on any atom is -0.490 e. The number of para-hydroxylation sites is 1. The number of nitrogens with zero attached hydrogens (tertiary/aromatic N) is 1. The van der Waals surface area contributed by atoms with Gasteiger partial charge in [0.15, 0.2) is 17.3 Å². The molecule has 0 fully saturated rings. The third kappa shape index (κ3) is 4.30. The van der Waals surface area contributed by atoms with Crippen LogP contribution in [0, 0.1) is 0 Å². The van der Waals surface area contributed by atoms with Crippen LogP contribution >= 0.6 is 0 Å². The van der Waals surface area contributed by atoms with Crippen LogP contribution < -0.4 is 20.1 Å². The van der Waals surface area contributed by atoms with Crippen molar-refractivity contribution in [2.75, 3.05) is 23.8 Å². The van der Waals surface area contributed by atoms with Gasteiger partial charge in [0.1, 0.15) is 0 Å². The fourth-order valence-electron chi connectivity index (χ4n) is 3.55. The van der Waals surface area contributed by atoms with Crippen molar-refractivity contribution >= 4 is 34.0 Å². The van der Waals surface area contributed by atoms with Crippen molar-refractivity contribution in [3.8, 4) is 11.5 Å². The molecule has 0 radical (unpaired) electrons. The Balaban J connectivity index is 1.31. The van der Waals surface area contributed by atoms with E-state index in [1.54, 1.807) is 0 Å². The van der Waals surface area contributed by atoms with E-state index >= 15 is 0 Å². The van der Waals surface area contributed by atoms with Gasteiger partial charge < -0.3 is 20.1 Å². The summed E-state index contributed by atoms with van der Waals surface area (Å²) < 4.78 is 11.4. The van der Waals surface area contributed by atoms with E-state index in [4.69, 9.17) is 9.47 Å². The maximum absolute atomic E-state index is 12.7. The molecule has 1 aliphatic rings. The molecule has 3 N–H and O–H groups in total. The zero-order valence-corrected chi connectivity index (χ0v) is 16.9. The van der Waals surface area contributed by atoms with Crippen molar-refractivity contribution in [3.63, 3.8) is 0 Å². The number of H-pyrrole nitrogens is 1. The maximum Gasteiger partial charge on any atom is 0.230 e. The van der Waals surface area contributed by atoms with E-state index in [9.17, 15) is 4.79 Å². The molecule has 2 heterocycles. The van der Waals surface area contributed by atoms with Gasteiger partial charge in [-0.1, -0.05) is 24.3 Å². The highest BCUT2D eigenvalue weighted by Crippen LogP contribution is 2.31. The normalized spacial score (nSPS) is 12.9. The highest BCUT2D eigenvalue weighted by Gasteiger charge is 2.14. The number of aromatic nitrogens is 2. The predicted molar refractivity (Wildman–Crippen MR) is 120 cm³/mol. The van der Waals surface area contributed by atoms with Gasteiger partial charge in [-0.25, -0.2) is 0 Å². The van der Waals surface area contributed by atoms with E-state index in [1.165, 1.54) is 0 Å². The Morgan fingerprint density at radius 1 is 0.935 bits per heavy atom. The van der Waals surface area contributed by atoms with Crippen molar-refractivity contribution < 1.29 is 14.3 Å². The molecule has 4 aromatic rings. The summed E-state index contributed by atoms with van der Waals surface area (Å²) in [6, 6.07) is 21.4. The molecular formula is C24H22N4O3. The lowest BCUT2D eigenvalue weighted by Crippen LogP contribution is -2.15. The number of anilines is 3. The molecule has 0 unspecified atom stereocenters. The second-order valence-electron chi connectivity index (χ2n) is 7.38. The summed E-state index contributed by atoms with van der Waals surface area (Å²) in [5.74, 6) is 1.76. The first-order chi connectivity index (χ1) is 15.2. The highest BCUT2D eigenvalue weighted by atomic mass is 16.5. The van der Waals surface area contributed by atoms with Gasteiger partial charge in [0.25, 0.3) is 0 Å². The lowest BCUT2D eigenvalue weighted by atomic mass is 10.1. The fraction of sp³-hybridized carbons (Fsp3) is 0.167. The monoisotopic (exact) mass is 414 g/mol. The summed E-state index contributed by atoms with van der Waals surface area (Å²) in [7, 11) is 0. The van der Waals surface area contributed by atoms with Crippen LogP contribution in [0.1, 0.15) is 12.0 Å². The van der Waals surface area contributed by atoms with Gasteiger partial charge in [0.2, 0.25) is 5.91 Å². The summed E-state index contributed by atoms with van der Waals surface area (Å²) in [6.45, 7) is 1.25. The summed E-state index contributed by atoms with van der Waals surface area (Å²) in [4.78, 5) is 12.7. The molecule has 1 aromatic heterocycles. The van der Waals surface area contributed by atoms with Crippen molar-refractivity contribution in [1.82, 2.24) is 10.2 Å². The number of carbonyl (C=O) groups excluding carboxylic acids is 1. The van der Waals surface area contributed by atoms with Crippen molar-refractivity contribution in [1.29, 1.82) is 0 Å². The zero-order valence-electron chi connectivity index (χ0n) is 16.9. The van der Waals surface area contributed by atoms with Crippen LogP contribution in [0.3, 0.4) is 0 Å². The molecule has 3 aromatic carbocycles. The van der Waals surface area contributed by atoms with Gasteiger partial charge in [-0.2, -0.15) is 5.10 Å². The van der Waals surface area contributed by atoms with E-state index < -0.39 is 0 Å². The molecule has 1 aliphatic heterocycles. The van der Waals surface area contributed by atoms with Gasteiger partial charge in [0.05, 0.1) is 25.2 Å². The van der Waals surface area contributed by atoms with Gasteiger partial charge in [0, 0.05) is 23.2 Å². The Morgan fingerprint density at radius 2 is 1.77 bits per heavy atom.